The van der Waals surface area contributed by atoms with Crippen molar-refractivity contribution >= 4 is 5.69 Å². The zero-order chi connectivity index (χ0) is 9.84. The highest BCUT2D eigenvalue weighted by Gasteiger charge is 2.05. The summed E-state index contributed by atoms with van der Waals surface area (Å²) in [5.41, 5.74) is 7.31. The largest absolute Gasteiger partial charge is 0.387 e. The summed E-state index contributed by atoms with van der Waals surface area (Å²) in [5.74, 6) is 0. The Morgan fingerprint density at radius 3 is 2.69 bits per heavy atom. The number of aliphatic hydroxyl groups is 1. The minimum Gasteiger partial charge on any atom is -0.387 e. The zero-order valence-corrected chi connectivity index (χ0v) is 8.07. The zero-order valence-electron chi connectivity index (χ0n) is 8.07. The Morgan fingerprint density at radius 1 is 1.46 bits per heavy atom. The summed E-state index contributed by atoms with van der Waals surface area (Å²) in [7, 11) is 3.93. The molecule has 1 rings (SSSR count). The minimum atomic E-state index is -0.556. The molecule has 0 saturated carbocycles. The van der Waals surface area contributed by atoms with Gasteiger partial charge in [-0.15, -0.1) is 0 Å². The van der Waals surface area contributed by atoms with E-state index in [4.69, 9.17) is 5.73 Å². The fraction of sp³-hybridized carbons (Fsp3) is 0.400. The number of anilines is 1. The molecule has 13 heavy (non-hydrogen) atoms. The molecule has 1 aromatic rings. The summed E-state index contributed by atoms with van der Waals surface area (Å²) < 4.78 is 0. The first-order valence-corrected chi connectivity index (χ1v) is 4.30. The Kier molecular flexibility index (Phi) is 3.28. The van der Waals surface area contributed by atoms with E-state index in [0.29, 0.717) is 0 Å². The van der Waals surface area contributed by atoms with Crippen molar-refractivity contribution in [1.82, 2.24) is 0 Å². The average Bonchev–Trinajstić information content (AvgIpc) is 2.17. The molecule has 0 aliphatic rings. The van der Waals surface area contributed by atoms with Crippen LogP contribution in [0.1, 0.15) is 11.7 Å². The lowest BCUT2D eigenvalue weighted by molar-refractivity contribution is 0.187. The second-order valence-corrected chi connectivity index (χ2v) is 3.24. The van der Waals surface area contributed by atoms with E-state index in [2.05, 4.69) is 0 Å². The van der Waals surface area contributed by atoms with Gasteiger partial charge in [0.05, 0.1) is 6.10 Å². The summed E-state index contributed by atoms with van der Waals surface area (Å²) in [6.45, 7) is 0.261. The van der Waals surface area contributed by atoms with E-state index in [1.54, 1.807) is 0 Å². The first-order chi connectivity index (χ1) is 6.15. The average molecular weight is 180 g/mol. The molecular formula is C10H16N2O. The number of hydrogen-bond acceptors (Lipinski definition) is 3. The molecule has 0 unspecified atom stereocenters. The van der Waals surface area contributed by atoms with Gasteiger partial charge in [-0.05, 0) is 17.7 Å². The molecule has 0 heterocycles. The number of benzene rings is 1. The monoisotopic (exact) mass is 180 g/mol. The highest BCUT2D eigenvalue weighted by molar-refractivity contribution is 5.47. The van der Waals surface area contributed by atoms with Crippen LogP contribution in [0.25, 0.3) is 0 Å². The second-order valence-electron chi connectivity index (χ2n) is 3.24. The normalized spacial score (nSPS) is 12.6. The van der Waals surface area contributed by atoms with Crippen LogP contribution in [0.5, 0.6) is 0 Å². The summed E-state index contributed by atoms with van der Waals surface area (Å²) >= 11 is 0. The Balaban J connectivity index is 2.91. The molecule has 72 valence electrons. The van der Waals surface area contributed by atoms with Crippen LogP contribution >= 0.6 is 0 Å². The van der Waals surface area contributed by atoms with Crippen molar-refractivity contribution in [3.63, 3.8) is 0 Å². The maximum atomic E-state index is 9.49. The number of nitrogens with zero attached hydrogens (tertiary/aromatic N) is 1. The van der Waals surface area contributed by atoms with Crippen LogP contribution in [-0.4, -0.2) is 25.7 Å². The number of hydrogen-bond donors (Lipinski definition) is 2. The topological polar surface area (TPSA) is 49.5 Å². The van der Waals surface area contributed by atoms with Crippen LogP contribution in [0.3, 0.4) is 0 Å². The SMILES string of the molecule is CN(C)c1cccc([C@@H](O)CN)c1. The van der Waals surface area contributed by atoms with Gasteiger partial charge in [-0.3, -0.25) is 0 Å². The molecule has 3 nitrogen and oxygen atoms in total. The third-order valence-electron chi connectivity index (χ3n) is 1.99. The molecule has 0 saturated heterocycles. The number of nitrogens with two attached hydrogens (primary N) is 1. The van der Waals surface area contributed by atoms with Crippen molar-refractivity contribution in [2.75, 3.05) is 25.5 Å². The summed E-state index contributed by atoms with van der Waals surface area (Å²) in [5, 5.41) is 9.49. The molecule has 1 aromatic carbocycles. The molecule has 1 atom stereocenters. The lowest BCUT2D eigenvalue weighted by Gasteiger charge is -2.15. The Labute approximate surface area is 78.8 Å². The van der Waals surface area contributed by atoms with Crippen LogP contribution in [0.2, 0.25) is 0 Å². The number of aliphatic hydroxyl groups excluding tert-OH is 1. The van der Waals surface area contributed by atoms with Gasteiger partial charge in [0.1, 0.15) is 0 Å². The van der Waals surface area contributed by atoms with E-state index in [0.717, 1.165) is 11.3 Å². The van der Waals surface area contributed by atoms with E-state index in [1.165, 1.54) is 0 Å². The Hall–Kier alpha value is -1.06. The van der Waals surface area contributed by atoms with Gasteiger partial charge in [-0.2, -0.15) is 0 Å². The second kappa shape index (κ2) is 4.25. The van der Waals surface area contributed by atoms with Gasteiger partial charge in [-0.25, -0.2) is 0 Å². The fourth-order valence-electron chi connectivity index (χ4n) is 1.15. The maximum absolute atomic E-state index is 9.49. The van der Waals surface area contributed by atoms with Gasteiger partial charge in [0.2, 0.25) is 0 Å². The van der Waals surface area contributed by atoms with Gasteiger partial charge >= 0.3 is 0 Å². The van der Waals surface area contributed by atoms with Gasteiger partial charge < -0.3 is 15.7 Å². The summed E-state index contributed by atoms with van der Waals surface area (Å²) in [6, 6.07) is 7.73. The Bertz CT molecular complexity index is 273. The molecule has 0 aromatic heterocycles. The van der Waals surface area contributed by atoms with Crippen molar-refractivity contribution in [3.8, 4) is 0 Å². The number of rotatable bonds is 3. The van der Waals surface area contributed by atoms with Gasteiger partial charge in [-0.1, -0.05) is 12.1 Å². The molecule has 0 aliphatic heterocycles. The van der Waals surface area contributed by atoms with Gasteiger partial charge in [0.25, 0.3) is 0 Å². The first kappa shape index (κ1) is 10.0. The molecule has 0 fully saturated rings. The molecule has 0 spiro atoms. The van der Waals surface area contributed by atoms with Crippen molar-refractivity contribution in [1.29, 1.82) is 0 Å². The third-order valence-corrected chi connectivity index (χ3v) is 1.99. The molecule has 0 radical (unpaired) electrons. The molecular weight excluding hydrogens is 164 g/mol. The van der Waals surface area contributed by atoms with E-state index < -0.39 is 6.10 Å². The fourth-order valence-corrected chi connectivity index (χ4v) is 1.15. The molecule has 3 heteroatoms. The maximum Gasteiger partial charge on any atom is 0.0912 e. The molecule has 3 N–H and O–H groups in total. The van der Waals surface area contributed by atoms with E-state index >= 15 is 0 Å². The summed E-state index contributed by atoms with van der Waals surface area (Å²) in [6.07, 6.45) is -0.556. The van der Waals surface area contributed by atoms with Crippen LogP contribution in [0.4, 0.5) is 5.69 Å². The quantitative estimate of drug-likeness (QED) is 0.721. The minimum absolute atomic E-state index is 0.261. The van der Waals surface area contributed by atoms with Crippen LogP contribution < -0.4 is 10.6 Å². The van der Waals surface area contributed by atoms with Crippen molar-refractivity contribution < 1.29 is 5.11 Å². The van der Waals surface area contributed by atoms with Crippen LogP contribution in [-0.2, 0) is 0 Å². The van der Waals surface area contributed by atoms with E-state index in [-0.39, 0.29) is 6.54 Å². The van der Waals surface area contributed by atoms with Gasteiger partial charge in [0, 0.05) is 26.3 Å². The van der Waals surface area contributed by atoms with Gasteiger partial charge in [0.15, 0.2) is 0 Å². The van der Waals surface area contributed by atoms with E-state index in [1.807, 2.05) is 43.3 Å². The smallest absolute Gasteiger partial charge is 0.0912 e. The van der Waals surface area contributed by atoms with Crippen molar-refractivity contribution in [2.24, 2.45) is 5.73 Å². The molecule has 0 bridgehead atoms. The van der Waals surface area contributed by atoms with Crippen molar-refractivity contribution in [3.05, 3.63) is 29.8 Å². The standard InChI is InChI=1S/C10H16N2O/c1-12(2)9-5-3-4-8(6-9)10(13)7-11/h3-6,10,13H,7,11H2,1-2H3/t10-/m0/s1. The van der Waals surface area contributed by atoms with Crippen LogP contribution in [0.15, 0.2) is 24.3 Å². The van der Waals surface area contributed by atoms with Crippen LogP contribution in [0, 0.1) is 0 Å². The van der Waals surface area contributed by atoms with Crippen molar-refractivity contribution in [2.45, 2.75) is 6.10 Å². The lowest BCUT2D eigenvalue weighted by Crippen LogP contribution is -2.13. The summed E-state index contributed by atoms with van der Waals surface area (Å²) in [4.78, 5) is 1.99. The Morgan fingerprint density at radius 2 is 2.15 bits per heavy atom. The highest BCUT2D eigenvalue weighted by Crippen LogP contribution is 2.18. The lowest BCUT2D eigenvalue weighted by atomic mass is 10.1. The molecule has 0 aliphatic carbocycles. The van der Waals surface area contributed by atoms with E-state index in [9.17, 15) is 5.11 Å². The third kappa shape index (κ3) is 2.44. The predicted octanol–water partition coefficient (Wildman–Crippen LogP) is 0.745. The predicted molar refractivity (Wildman–Crippen MR) is 54.8 cm³/mol. The molecule has 0 amide bonds. The highest BCUT2D eigenvalue weighted by atomic mass is 16.3. The first-order valence-electron chi connectivity index (χ1n) is 4.30.